The Labute approximate surface area is 189 Å². The zero-order valence-electron chi connectivity index (χ0n) is 14.0. The molecule has 0 aliphatic heterocycles. The highest BCUT2D eigenvalue weighted by molar-refractivity contribution is 14.1. The van der Waals surface area contributed by atoms with E-state index < -0.39 is 0 Å². The molecule has 2 N–H and O–H groups in total. The van der Waals surface area contributed by atoms with Crippen LogP contribution < -0.4 is 5.32 Å². The Morgan fingerprint density at radius 1 is 1.16 bits per heavy atom. The standard InChI is InChI=1S/C19H20I3NO2/c1-3-12(9-14-15(20)10-16(21)18(24)17(14)22)19(25)23-11(2)13-7-5-4-6-8-13/h4-8,10-12,24H,3,9H2,1-2H3,(H,23,25). The van der Waals surface area contributed by atoms with E-state index in [2.05, 4.69) is 73.1 Å². The summed E-state index contributed by atoms with van der Waals surface area (Å²) in [6, 6.07) is 11.9. The minimum Gasteiger partial charge on any atom is -0.506 e. The smallest absolute Gasteiger partial charge is 0.223 e. The number of benzene rings is 2. The van der Waals surface area contributed by atoms with Gasteiger partial charge in [-0.15, -0.1) is 0 Å². The molecule has 0 heterocycles. The third kappa shape index (κ3) is 5.44. The first-order valence-corrected chi connectivity index (χ1v) is 11.3. The number of aromatic hydroxyl groups is 1. The Balaban J connectivity index is 2.15. The summed E-state index contributed by atoms with van der Waals surface area (Å²) < 4.78 is 2.77. The molecule has 3 nitrogen and oxygen atoms in total. The SMILES string of the molecule is CCC(Cc1c(I)cc(I)c(O)c1I)C(=O)NC(C)c1ccccc1. The highest BCUT2D eigenvalue weighted by Gasteiger charge is 2.23. The minimum atomic E-state index is -0.118. The molecule has 0 aliphatic rings. The van der Waals surface area contributed by atoms with Crippen LogP contribution in [0.3, 0.4) is 0 Å². The third-order valence-electron chi connectivity index (χ3n) is 4.21. The minimum absolute atomic E-state index is 0.0222. The number of halogens is 3. The lowest BCUT2D eigenvalue weighted by molar-refractivity contribution is -0.125. The maximum absolute atomic E-state index is 12.8. The van der Waals surface area contributed by atoms with E-state index in [0.29, 0.717) is 12.2 Å². The van der Waals surface area contributed by atoms with Crippen molar-refractivity contribution in [3.8, 4) is 5.75 Å². The summed E-state index contributed by atoms with van der Waals surface area (Å²) in [5.74, 6) is 0.251. The van der Waals surface area contributed by atoms with Crippen molar-refractivity contribution in [3.05, 3.63) is 58.2 Å². The Morgan fingerprint density at radius 2 is 1.80 bits per heavy atom. The van der Waals surface area contributed by atoms with Crippen molar-refractivity contribution in [1.82, 2.24) is 5.32 Å². The molecule has 2 rings (SSSR count). The number of carbonyl (C=O) groups is 1. The van der Waals surface area contributed by atoms with Crippen molar-refractivity contribution in [2.45, 2.75) is 32.7 Å². The first kappa shape index (κ1) is 21.2. The van der Waals surface area contributed by atoms with Crippen molar-refractivity contribution in [3.63, 3.8) is 0 Å². The highest BCUT2D eigenvalue weighted by atomic mass is 127. The van der Waals surface area contributed by atoms with E-state index in [1.165, 1.54) is 0 Å². The van der Waals surface area contributed by atoms with E-state index in [-0.39, 0.29) is 17.9 Å². The quantitative estimate of drug-likeness (QED) is 0.390. The van der Waals surface area contributed by atoms with Gasteiger partial charge in [-0.05, 0) is 105 Å². The van der Waals surface area contributed by atoms with Crippen molar-refractivity contribution in [2.75, 3.05) is 0 Å². The summed E-state index contributed by atoms with van der Waals surface area (Å²) in [5, 5.41) is 13.3. The van der Waals surface area contributed by atoms with Gasteiger partial charge >= 0.3 is 0 Å². The van der Waals surface area contributed by atoms with Crippen LogP contribution in [0.25, 0.3) is 0 Å². The van der Waals surface area contributed by atoms with Crippen molar-refractivity contribution < 1.29 is 9.90 Å². The number of hydrogen-bond donors (Lipinski definition) is 2. The predicted molar refractivity (Wildman–Crippen MR) is 127 cm³/mol. The first-order valence-electron chi connectivity index (χ1n) is 8.05. The lowest BCUT2D eigenvalue weighted by atomic mass is 9.95. The molecule has 134 valence electrons. The van der Waals surface area contributed by atoms with Gasteiger partial charge in [0.2, 0.25) is 5.91 Å². The maximum Gasteiger partial charge on any atom is 0.223 e. The Morgan fingerprint density at radius 3 is 2.40 bits per heavy atom. The van der Waals surface area contributed by atoms with E-state index >= 15 is 0 Å². The van der Waals surface area contributed by atoms with Gasteiger partial charge in [-0.2, -0.15) is 0 Å². The summed E-state index contributed by atoms with van der Waals surface area (Å²) in [6.07, 6.45) is 1.39. The van der Waals surface area contributed by atoms with Crippen LogP contribution in [0.2, 0.25) is 0 Å². The van der Waals surface area contributed by atoms with Crippen LogP contribution in [-0.4, -0.2) is 11.0 Å². The lowest BCUT2D eigenvalue weighted by Gasteiger charge is -2.21. The van der Waals surface area contributed by atoms with E-state index in [0.717, 1.165) is 28.3 Å². The van der Waals surface area contributed by atoms with Crippen LogP contribution in [0.1, 0.15) is 37.4 Å². The fraction of sp³-hybridized carbons (Fsp3) is 0.316. The molecule has 0 aliphatic carbocycles. The number of phenols is 1. The van der Waals surface area contributed by atoms with Crippen molar-refractivity contribution in [2.24, 2.45) is 5.92 Å². The third-order valence-corrected chi connectivity index (χ3v) is 7.16. The molecule has 0 radical (unpaired) electrons. The van der Waals surface area contributed by atoms with Gasteiger partial charge in [0.15, 0.2) is 0 Å². The zero-order valence-corrected chi connectivity index (χ0v) is 20.5. The second-order valence-electron chi connectivity index (χ2n) is 5.93. The van der Waals surface area contributed by atoms with Gasteiger partial charge in [0.1, 0.15) is 5.75 Å². The molecular formula is C19H20I3NO2. The molecule has 6 heteroatoms. The average Bonchev–Trinajstić information content (AvgIpc) is 2.60. The second-order valence-corrected chi connectivity index (χ2v) is 9.33. The van der Waals surface area contributed by atoms with Crippen LogP contribution in [0.15, 0.2) is 36.4 Å². The van der Waals surface area contributed by atoms with Gasteiger partial charge in [0.05, 0.1) is 13.2 Å². The monoisotopic (exact) mass is 675 g/mol. The summed E-state index contributed by atoms with van der Waals surface area (Å²) >= 11 is 6.59. The lowest BCUT2D eigenvalue weighted by Crippen LogP contribution is -2.33. The van der Waals surface area contributed by atoms with E-state index in [9.17, 15) is 9.90 Å². The summed E-state index contributed by atoms with van der Waals surface area (Å²) in [6.45, 7) is 4.04. The van der Waals surface area contributed by atoms with Gasteiger partial charge in [0, 0.05) is 9.49 Å². The molecule has 2 aromatic rings. The Bertz CT molecular complexity index is 750. The maximum atomic E-state index is 12.8. The molecule has 2 unspecified atom stereocenters. The number of rotatable bonds is 6. The predicted octanol–water partition coefficient (Wildman–Crippen LogP) is 5.65. The first-order chi connectivity index (χ1) is 11.8. The van der Waals surface area contributed by atoms with Crippen molar-refractivity contribution >= 4 is 73.7 Å². The molecule has 2 aromatic carbocycles. The normalized spacial score (nSPS) is 13.3. The van der Waals surface area contributed by atoms with Crippen LogP contribution in [0, 0.1) is 16.6 Å². The number of phenolic OH excluding ortho intramolecular Hbond substituents is 1. The molecule has 2 atom stereocenters. The van der Waals surface area contributed by atoms with E-state index in [1.807, 2.05) is 50.2 Å². The number of carbonyl (C=O) groups excluding carboxylic acids is 1. The molecule has 0 spiro atoms. The van der Waals surface area contributed by atoms with Crippen molar-refractivity contribution in [1.29, 1.82) is 0 Å². The zero-order chi connectivity index (χ0) is 18.6. The topological polar surface area (TPSA) is 49.3 Å². The Kier molecular flexibility index (Phi) is 8.25. The highest BCUT2D eigenvalue weighted by Crippen LogP contribution is 2.34. The molecule has 0 saturated carbocycles. The summed E-state index contributed by atoms with van der Waals surface area (Å²) in [5.41, 5.74) is 2.15. The van der Waals surface area contributed by atoms with Crippen LogP contribution in [0.5, 0.6) is 5.75 Å². The molecule has 0 saturated heterocycles. The van der Waals surface area contributed by atoms with Gasteiger partial charge in [-0.3, -0.25) is 4.79 Å². The number of hydrogen-bond acceptors (Lipinski definition) is 2. The van der Waals surface area contributed by atoms with Gasteiger partial charge in [-0.1, -0.05) is 37.3 Å². The molecular weight excluding hydrogens is 655 g/mol. The van der Waals surface area contributed by atoms with Crippen LogP contribution >= 0.6 is 67.8 Å². The number of amides is 1. The van der Waals surface area contributed by atoms with Gasteiger partial charge < -0.3 is 10.4 Å². The van der Waals surface area contributed by atoms with Gasteiger partial charge in [0.25, 0.3) is 0 Å². The van der Waals surface area contributed by atoms with Crippen LogP contribution in [-0.2, 0) is 11.2 Å². The molecule has 0 bridgehead atoms. The molecule has 0 aromatic heterocycles. The largest absolute Gasteiger partial charge is 0.506 e. The van der Waals surface area contributed by atoms with E-state index in [4.69, 9.17) is 0 Å². The number of nitrogens with one attached hydrogen (secondary N) is 1. The van der Waals surface area contributed by atoms with Gasteiger partial charge in [-0.25, -0.2) is 0 Å². The Hall–Kier alpha value is -0.1000. The molecule has 25 heavy (non-hydrogen) atoms. The van der Waals surface area contributed by atoms with E-state index in [1.54, 1.807) is 0 Å². The summed E-state index contributed by atoms with van der Waals surface area (Å²) in [7, 11) is 0. The fourth-order valence-electron chi connectivity index (χ4n) is 2.63. The second kappa shape index (κ2) is 9.72. The average molecular weight is 675 g/mol. The molecule has 1 amide bonds. The molecule has 0 fully saturated rings. The summed E-state index contributed by atoms with van der Waals surface area (Å²) in [4.78, 5) is 12.8. The van der Waals surface area contributed by atoms with Crippen LogP contribution in [0.4, 0.5) is 0 Å². The fourth-order valence-corrected chi connectivity index (χ4v) is 6.44.